The Labute approximate surface area is 124 Å². The van der Waals surface area contributed by atoms with E-state index in [0.29, 0.717) is 18.5 Å². The zero-order valence-electron chi connectivity index (χ0n) is 12.6. The Morgan fingerprint density at radius 3 is 2.29 bits per heavy atom. The van der Waals surface area contributed by atoms with Crippen LogP contribution in [0.15, 0.2) is 35.4 Å². The van der Waals surface area contributed by atoms with Gasteiger partial charge >= 0.3 is 0 Å². The number of carboxylic acid groups (broad SMARTS) is 1. The average Bonchev–Trinajstić information content (AvgIpc) is 2.41. The molecule has 1 aliphatic carbocycles. The second-order valence-corrected chi connectivity index (χ2v) is 5.86. The van der Waals surface area contributed by atoms with Crippen molar-refractivity contribution in [2.75, 3.05) is 5.32 Å². The molecule has 0 saturated carbocycles. The van der Waals surface area contributed by atoms with Crippen molar-refractivity contribution in [3.63, 3.8) is 0 Å². The van der Waals surface area contributed by atoms with Crippen LogP contribution in [0.3, 0.4) is 0 Å². The number of nitrogens with one attached hydrogen (secondary N) is 1. The third kappa shape index (κ3) is 3.51. The van der Waals surface area contributed by atoms with Crippen molar-refractivity contribution in [3.05, 3.63) is 41.0 Å². The van der Waals surface area contributed by atoms with Crippen LogP contribution in [-0.2, 0) is 9.59 Å². The van der Waals surface area contributed by atoms with Crippen molar-refractivity contribution in [1.29, 1.82) is 0 Å². The highest BCUT2D eigenvalue weighted by atomic mass is 16.4. The molecule has 0 radical (unpaired) electrons. The van der Waals surface area contributed by atoms with Crippen molar-refractivity contribution in [1.82, 2.24) is 0 Å². The van der Waals surface area contributed by atoms with Crippen LogP contribution in [0.5, 0.6) is 0 Å². The van der Waals surface area contributed by atoms with Crippen molar-refractivity contribution < 1.29 is 14.7 Å². The molecule has 0 bridgehead atoms. The third-order valence-electron chi connectivity index (χ3n) is 4.19. The van der Waals surface area contributed by atoms with Gasteiger partial charge < -0.3 is 15.2 Å². The fourth-order valence-corrected chi connectivity index (χ4v) is 2.77. The highest BCUT2D eigenvalue weighted by Crippen LogP contribution is 2.34. The number of carbonyl (C=O) groups excluding carboxylic acids is 2. The lowest BCUT2D eigenvalue weighted by atomic mass is 9.76. The maximum atomic E-state index is 12.4. The summed E-state index contributed by atoms with van der Waals surface area (Å²) in [6, 6.07) is 7.46. The fourth-order valence-electron chi connectivity index (χ4n) is 2.77. The Bertz CT molecular complexity index is 604. The van der Waals surface area contributed by atoms with Crippen LogP contribution in [0.1, 0.15) is 32.3 Å². The Hall–Kier alpha value is -2.10. The third-order valence-corrected chi connectivity index (χ3v) is 4.19. The van der Waals surface area contributed by atoms with Gasteiger partial charge in [-0.15, -0.1) is 0 Å². The topological polar surface area (TPSA) is 69.2 Å². The average molecular weight is 286 g/mol. The van der Waals surface area contributed by atoms with Crippen molar-refractivity contribution >= 4 is 17.6 Å². The van der Waals surface area contributed by atoms with Gasteiger partial charge in [0.1, 0.15) is 0 Å². The Morgan fingerprint density at radius 1 is 1.10 bits per heavy atom. The number of aryl methyl sites for hydroxylation is 1. The Morgan fingerprint density at radius 2 is 1.71 bits per heavy atom. The van der Waals surface area contributed by atoms with E-state index in [9.17, 15) is 14.7 Å². The summed E-state index contributed by atoms with van der Waals surface area (Å²) in [5, 5.41) is 14.1. The van der Waals surface area contributed by atoms with E-state index >= 15 is 0 Å². The molecule has 0 spiro atoms. The van der Waals surface area contributed by atoms with E-state index in [4.69, 9.17) is 0 Å². The summed E-state index contributed by atoms with van der Waals surface area (Å²) in [4.78, 5) is 23.7. The molecule has 0 unspecified atom stereocenters. The van der Waals surface area contributed by atoms with E-state index in [1.807, 2.05) is 39.0 Å². The van der Waals surface area contributed by atoms with Crippen LogP contribution in [0.25, 0.3) is 0 Å². The summed E-state index contributed by atoms with van der Waals surface area (Å²) in [7, 11) is 0. The van der Waals surface area contributed by atoms with E-state index in [1.54, 1.807) is 6.07 Å². The molecule has 2 atom stereocenters. The highest BCUT2D eigenvalue weighted by Gasteiger charge is 2.33. The number of aliphatic carboxylic acids is 1. The van der Waals surface area contributed by atoms with Crippen LogP contribution in [0.4, 0.5) is 5.69 Å². The summed E-state index contributed by atoms with van der Waals surface area (Å²) < 4.78 is 0. The van der Waals surface area contributed by atoms with E-state index in [-0.39, 0.29) is 5.91 Å². The van der Waals surface area contributed by atoms with Crippen LogP contribution in [-0.4, -0.2) is 11.9 Å². The second kappa shape index (κ2) is 6.12. The van der Waals surface area contributed by atoms with Gasteiger partial charge in [-0.1, -0.05) is 23.3 Å². The number of rotatable bonds is 3. The lowest BCUT2D eigenvalue weighted by Crippen LogP contribution is -2.42. The molecule has 1 aliphatic rings. The van der Waals surface area contributed by atoms with Gasteiger partial charge in [-0.05, 0) is 51.3 Å². The maximum Gasteiger partial charge on any atom is 0.228 e. The number of carbonyl (C=O) groups is 2. The van der Waals surface area contributed by atoms with Gasteiger partial charge in [0.2, 0.25) is 5.91 Å². The minimum Gasteiger partial charge on any atom is -0.550 e. The number of benzene rings is 1. The molecule has 0 fully saturated rings. The lowest BCUT2D eigenvalue weighted by molar-refractivity contribution is -0.313. The van der Waals surface area contributed by atoms with Gasteiger partial charge in [-0.25, -0.2) is 0 Å². The molecule has 112 valence electrons. The van der Waals surface area contributed by atoms with Gasteiger partial charge in [0.05, 0.1) is 5.92 Å². The minimum atomic E-state index is -1.15. The summed E-state index contributed by atoms with van der Waals surface area (Å²) in [5.74, 6) is -2.72. The first-order valence-electron chi connectivity index (χ1n) is 7.12. The summed E-state index contributed by atoms with van der Waals surface area (Å²) in [6.45, 7) is 5.81. The van der Waals surface area contributed by atoms with Gasteiger partial charge in [0.25, 0.3) is 0 Å². The Kier molecular flexibility index (Phi) is 4.46. The predicted molar refractivity (Wildman–Crippen MR) is 79.4 cm³/mol. The number of anilines is 1. The molecule has 2 rings (SSSR count). The largest absolute Gasteiger partial charge is 0.550 e. The van der Waals surface area contributed by atoms with Gasteiger partial charge in [-0.3, -0.25) is 4.79 Å². The summed E-state index contributed by atoms with van der Waals surface area (Å²) in [6.07, 6.45) is 0.863. The number of amides is 1. The first-order valence-corrected chi connectivity index (χ1v) is 7.12. The number of hydrogen-bond donors (Lipinski definition) is 1. The van der Waals surface area contributed by atoms with E-state index in [0.717, 1.165) is 16.7 Å². The summed E-state index contributed by atoms with van der Waals surface area (Å²) >= 11 is 0. The van der Waals surface area contributed by atoms with Crippen LogP contribution in [0.2, 0.25) is 0 Å². The summed E-state index contributed by atoms with van der Waals surface area (Å²) in [5.41, 5.74) is 3.88. The van der Waals surface area contributed by atoms with Crippen molar-refractivity contribution in [2.24, 2.45) is 11.8 Å². The van der Waals surface area contributed by atoms with Gasteiger partial charge in [0, 0.05) is 17.6 Å². The first-order chi connectivity index (χ1) is 9.88. The molecule has 0 saturated heterocycles. The zero-order valence-corrected chi connectivity index (χ0v) is 12.6. The molecule has 4 heteroatoms. The quantitative estimate of drug-likeness (QED) is 0.865. The SMILES string of the molecule is CC1=C(C)C[C@@H](C(=O)Nc2cccc(C)c2)[C@@H](C(=O)[O-])C1. The van der Waals surface area contributed by atoms with Crippen LogP contribution < -0.4 is 10.4 Å². The molecule has 21 heavy (non-hydrogen) atoms. The molecule has 4 nitrogen and oxygen atoms in total. The number of carboxylic acids is 1. The predicted octanol–water partition coefficient (Wildman–Crippen LogP) is 2.05. The molecule has 0 aliphatic heterocycles. The molecular formula is C17H20NO3-. The minimum absolute atomic E-state index is 0.248. The van der Waals surface area contributed by atoms with Crippen molar-refractivity contribution in [3.8, 4) is 0 Å². The van der Waals surface area contributed by atoms with E-state index in [2.05, 4.69) is 5.32 Å². The lowest BCUT2D eigenvalue weighted by Gasteiger charge is -2.32. The molecule has 1 N–H and O–H groups in total. The standard InChI is InChI=1S/C17H21NO3/c1-10-5-4-6-13(7-10)18-16(19)14-8-11(2)12(3)9-15(14)17(20)21/h4-7,14-15H,8-9H2,1-3H3,(H,18,19)(H,20,21)/p-1/t14-,15+/m1/s1. The molecule has 1 aromatic carbocycles. The molecule has 0 heterocycles. The van der Waals surface area contributed by atoms with Crippen molar-refractivity contribution in [2.45, 2.75) is 33.6 Å². The van der Waals surface area contributed by atoms with E-state index < -0.39 is 17.8 Å². The van der Waals surface area contributed by atoms with Crippen LogP contribution >= 0.6 is 0 Å². The molecular weight excluding hydrogens is 266 g/mol. The molecule has 0 aromatic heterocycles. The monoisotopic (exact) mass is 286 g/mol. The fraction of sp³-hybridized carbons (Fsp3) is 0.412. The molecule has 1 amide bonds. The van der Waals surface area contributed by atoms with Crippen LogP contribution in [0, 0.1) is 18.8 Å². The first kappa shape index (κ1) is 15.3. The van der Waals surface area contributed by atoms with Gasteiger partial charge in [0.15, 0.2) is 0 Å². The smallest absolute Gasteiger partial charge is 0.228 e. The second-order valence-electron chi connectivity index (χ2n) is 5.86. The highest BCUT2D eigenvalue weighted by molar-refractivity contribution is 5.95. The van der Waals surface area contributed by atoms with E-state index in [1.165, 1.54) is 0 Å². The zero-order chi connectivity index (χ0) is 15.6. The molecule has 1 aromatic rings. The number of hydrogen-bond acceptors (Lipinski definition) is 3. The Balaban J connectivity index is 2.18. The maximum absolute atomic E-state index is 12.4. The normalized spacial score (nSPS) is 22.0. The van der Waals surface area contributed by atoms with Gasteiger partial charge in [-0.2, -0.15) is 0 Å². The number of allylic oxidation sites excluding steroid dienone is 2.